The smallest absolute Gasteiger partial charge is 0.330 e. The molecule has 0 radical (unpaired) electrons. The van der Waals surface area contributed by atoms with Gasteiger partial charge in [0.15, 0.2) is 12.2 Å². The van der Waals surface area contributed by atoms with Crippen LogP contribution in [0.2, 0.25) is 0 Å². The first kappa shape index (κ1) is 17.3. The number of fused-ring (bicyclic) bond motifs is 2. The summed E-state index contributed by atoms with van der Waals surface area (Å²) in [6, 6.07) is -0.886. The molecule has 0 aliphatic carbocycles. The van der Waals surface area contributed by atoms with E-state index in [1.165, 1.54) is 20.0 Å². The van der Waals surface area contributed by atoms with Gasteiger partial charge in [-0.05, 0) is 6.92 Å². The van der Waals surface area contributed by atoms with E-state index in [-0.39, 0.29) is 18.1 Å². The predicted molar refractivity (Wildman–Crippen MR) is 85.0 cm³/mol. The van der Waals surface area contributed by atoms with Crippen LogP contribution in [0.3, 0.4) is 0 Å². The maximum atomic E-state index is 12.2. The van der Waals surface area contributed by atoms with Crippen LogP contribution in [0.15, 0.2) is 20.8 Å². The van der Waals surface area contributed by atoms with Crippen molar-refractivity contribution in [3.63, 3.8) is 0 Å². The second-order valence-electron chi connectivity index (χ2n) is 6.16. The van der Waals surface area contributed by atoms with E-state index < -0.39 is 47.7 Å². The average molecular weight is 353 g/mol. The molecule has 0 aromatic carbocycles. The van der Waals surface area contributed by atoms with Crippen LogP contribution in [0.4, 0.5) is 0 Å². The van der Waals surface area contributed by atoms with Crippen LogP contribution in [0.5, 0.6) is 0 Å². The Balaban J connectivity index is 2.07. The number of aromatic nitrogens is 2. The van der Waals surface area contributed by atoms with Gasteiger partial charge in [0, 0.05) is 18.7 Å². The third-order valence-corrected chi connectivity index (χ3v) is 4.36. The van der Waals surface area contributed by atoms with Crippen LogP contribution >= 0.6 is 0 Å². The van der Waals surface area contributed by atoms with Crippen LogP contribution in [0, 0.1) is 6.92 Å². The monoisotopic (exact) mass is 353 g/mol. The number of amides is 1. The van der Waals surface area contributed by atoms with Crippen molar-refractivity contribution >= 4 is 11.9 Å². The van der Waals surface area contributed by atoms with Crippen molar-refractivity contribution in [1.29, 1.82) is 0 Å². The van der Waals surface area contributed by atoms with Gasteiger partial charge in [-0.25, -0.2) is 4.79 Å². The number of aliphatic hydroxyl groups excluding tert-OH is 2. The van der Waals surface area contributed by atoms with Crippen LogP contribution in [0.1, 0.15) is 18.7 Å². The van der Waals surface area contributed by atoms with Crippen molar-refractivity contribution < 1.29 is 19.7 Å². The molecule has 2 fully saturated rings. The van der Waals surface area contributed by atoms with E-state index in [1.807, 2.05) is 0 Å². The minimum atomic E-state index is -1.40. The highest BCUT2D eigenvalue weighted by Crippen LogP contribution is 2.37. The fourth-order valence-corrected chi connectivity index (χ4v) is 3.03. The molecular formula is C14H19N5O6. The van der Waals surface area contributed by atoms with Gasteiger partial charge in [0.05, 0.1) is 13.2 Å². The zero-order valence-corrected chi connectivity index (χ0v) is 13.6. The number of nitrogens with one attached hydrogen (secondary N) is 3. The molecule has 2 aliphatic heterocycles. The molecule has 1 aromatic heterocycles. The Morgan fingerprint density at radius 2 is 2.24 bits per heavy atom. The van der Waals surface area contributed by atoms with Crippen LogP contribution in [-0.4, -0.2) is 62.5 Å². The zero-order chi connectivity index (χ0) is 18.4. The number of aryl methyl sites for hydroxylation is 1. The van der Waals surface area contributed by atoms with Crippen molar-refractivity contribution in [3.05, 3.63) is 32.6 Å². The van der Waals surface area contributed by atoms with Gasteiger partial charge >= 0.3 is 5.69 Å². The van der Waals surface area contributed by atoms with Crippen molar-refractivity contribution in [2.75, 3.05) is 13.2 Å². The predicted octanol–water partition coefficient (Wildman–Crippen LogP) is -3.07. The highest BCUT2D eigenvalue weighted by Gasteiger charge is 2.57. The lowest BCUT2D eigenvalue weighted by atomic mass is 9.95. The van der Waals surface area contributed by atoms with E-state index in [1.54, 1.807) is 0 Å². The van der Waals surface area contributed by atoms with Gasteiger partial charge in [-0.3, -0.25) is 19.1 Å². The quantitative estimate of drug-likeness (QED) is 0.375. The average Bonchev–Trinajstić information content (AvgIpc) is 2.72. The Bertz CT molecular complexity index is 845. The Morgan fingerprint density at radius 1 is 1.52 bits per heavy atom. The number of hydrogen-bond donors (Lipinski definition) is 5. The lowest BCUT2D eigenvalue weighted by Gasteiger charge is -2.30. The highest BCUT2D eigenvalue weighted by atomic mass is 16.6. The third-order valence-electron chi connectivity index (χ3n) is 4.36. The molecule has 4 atom stereocenters. The molecule has 25 heavy (non-hydrogen) atoms. The molecule has 136 valence electrons. The molecule has 5 N–H and O–H groups in total. The van der Waals surface area contributed by atoms with Gasteiger partial charge in [-0.1, -0.05) is 0 Å². The molecule has 1 amide bonds. The van der Waals surface area contributed by atoms with E-state index in [2.05, 4.69) is 20.6 Å². The summed E-state index contributed by atoms with van der Waals surface area (Å²) in [5.41, 5.74) is -2.36. The molecule has 3 rings (SSSR count). The molecule has 11 heteroatoms. The number of aliphatic hydroxyl groups is 2. The number of aliphatic imine (C=N–C) groups is 1. The first-order valence-electron chi connectivity index (χ1n) is 7.66. The summed E-state index contributed by atoms with van der Waals surface area (Å²) in [7, 11) is 0. The summed E-state index contributed by atoms with van der Waals surface area (Å²) < 4.78 is 6.94. The lowest BCUT2D eigenvalue weighted by Crippen LogP contribution is -2.51. The number of carbonyl (C=O) groups excluding carboxylic acids is 1. The third kappa shape index (κ3) is 2.86. The number of rotatable bonds is 2. The summed E-state index contributed by atoms with van der Waals surface area (Å²) in [6.45, 7) is 2.23. The minimum Gasteiger partial charge on any atom is -0.393 e. The minimum absolute atomic E-state index is 0.0339. The Morgan fingerprint density at radius 3 is 2.88 bits per heavy atom. The summed E-state index contributed by atoms with van der Waals surface area (Å²) in [4.78, 5) is 40.9. The Labute approximate surface area is 141 Å². The topological polar surface area (TPSA) is 158 Å². The highest BCUT2D eigenvalue weighted by molar-refractivity contribution is 5.92. The van der Waals surface area contributed by atoms with Gasteiger partial charge in [0.2, 0.25) is 5.91 Å². The van der Waals surface area contributed by atoms with E-state index in [4.69, 9.17) is 4.74 Å². The summed E-state index contributed by atoms with van der Waals surface area (Å²) in [5.74, 6) is -0.357. The van der Waals surface area contributed by atoms with Crippen molar-refractivity contribution in [2.45, 2.75) is 37.8 Å². The van der Waals surface area contributed by atoms with E-state index in [9.17, 15) is 24.6 Å². The van der Waals surface area contributed by atoms with Crippen molar-refractivity contribution in [1.82, 2.24) is 20.2 Å². The number of aromatic amines is 1. The second-order valence-corrected chi connectivity index (χ2v) is 6.16. The molecule has 2 saturated heterocycles. The normalized spacial score (nSPS) is 32.8. The number of H-pyrrole nitrogens is 1. The van der Waals surface area contributed by atoms with E-state index in [0.29, 0.717) is 0 Å². The van der Waals surface area contributed by atoms with Gasteiger partial charge in [0.1, 0.15) is 17.7 Å². The van der Waals surface area contributed by atoms with Crippen molar-refractivity contribution in [2.24, 2.45) is 4.99 Å². The van der Waals surface area contributed by atoms with Crippen molar-refractivity contribution in [3.8, 4) is 0 Å². The lowest BCUT2D eigenvalue weighted by molar-refractivity contribution is -0.125. The second kappa shape index (κ2) is 6.10. The number of carbonyl (C=O) groups is 1. The van der Waals surface area contributed by atoms with Gasteiger partial charge in [-0.15, -0.1) is 0 Å². The Kier molecular flexibility index (Phi) is 4.22. The van der Waals surface area contributed by atoms with Gasteiger partial charge in [-0.2, -0.15) is 4.99 Å². The van der Waals surface area contributed by atoms with E-state index in [0.717, 1.165) is 4.57 Å². The molecule has 2 aliphatic rings. The van der Waals surface area contributed by atoms with Gasteiger partial charge in [0.25, 0.3) is 5.56 Å². The van der Waals surface area contributed by atoms with E-state index >= 15 is 0 Å². The van der Waals surface area contributed by atoms with Gasteiger partial charge < -0.3 is 25.6 Å². The molecule has 11 nitrogen and oxygen atoms in total. The maximum Gasteiger partial charge on any atom is 0.330 e. The summed E-state index contributed by atoms with van der Waals surface area (Å²) in [5, 5.41) is 26.0. The fraction of sp³-hybridized carbons (Fsp3) is 0.571. The van der Waals surface area contributed by atoms with Crippen LogP contribution < -0.4 is 21.9 Å². The van der Waals surface area contributed by atoms with Crippen LogP contribution in [-0.2, 0) is 9.53 Å². The molecular weight excluding hydrogens is 334 g/mol. The standard InChI is InChI=1S/C14H19N5O6/c1-6-3-19(13(24)18-10(6)23)11-8-9(22)14(5-20,25-11)4-15-12(17-8)16-7(2)21/h3,8-9,11,20,22H,4-5H2,1-2H3,(H,18,23,24)(H2,15,16,17,21). The molecule has 3 heterocycles. The van der Waals surface area contributed by atoms with Crippen LogP contribution in [0.25, 0.3) is 0 Å². The molecule has 0 spiro atoms. The number of guanidine groups is 1. The number of nitrogens with zero attached hydrogens (tertiary/aromatic N) is 2. The first-order chi connectivity index (χ1) is 11.8. The first-order valence-corrected chi connectivity index (χ1v) is 7.66. The Hall–Kier alpha value is -2.50. The fourth-order valence-electron chi connectivity index (χ4n) is 3.03. The molecule has 0 saturated carbocycles. The molecule has 4 unspecified atom stereocenters. The SMILES string of the molecule is CC(=O)/N=C1/NCC2(CO)OC(n3cc(C)c(=O)[nH]c3=O)C(N1)C2O. The molecule has 1 aromatic rings. The zero-order valence-electron chi connectivity index (χ0n) is 13.6. The maximum absolute atomic E-state index is 12.2. The number of ether oxygens (including phenoxy) is 1. The number of hydrogen-bond acceptors (Lipinski definition) is 6. The largest absolute Gasteiger partial charge is 0.393 e. The molecule has 2 bridgehead atoms. The summed E-state index contributed by atoms with van der Waals surface area (Å²) in [6.07, 6.45) is -0.907. The summed E-state index contributed by atoms with van der Waals surface area (Å²) >= 11 is 0.